The van der Waals surface area contributed by atoms with Crippen molar-refractivity contribution in [3.05, 3.63) is 65.7 Å². The van der Waals surface area contributed by atoms with E-state index >= 15 is 0 Å². The zero-order chi connectivity index (χ0) is 20.0. The van der Waals surface area contributed by atoms with Gasteiger partial charge in [0.2, 0.25) is 10.0 Å². The summed E-state index contributed by atoms with van der Waals surface area (Å²) in [6.45, 7) is 1.28. The standard InChI is InChI=1S/C22H24N2O3S/c1-2-13-23-28(26,27)21-10-6-9-20(17-21)22(25)24-14-11-19(12-15-24)16-18-7-4-3-5-8-18/h1,3-10,17,19,23H,11-16H2. The summed E-state index contributed by atoms with van der Waals surface area (Å²) in [5, 5.41) is 0. The highest BCUT2D eigenvalue weighted by atomic mass is 32.2. The van der Waals surface area contributed by atoms with Gasteiger partial charge >= 0.3 is 0 Å². The number of piperidine rings is 1. The normalized spacial score (nSPS) is 15.2. The summed E-state index contributed by atoms with van der Waals surface area (Å²) >= 11 is 0. The second kappa shape index (κ2) is 9.05. The molecule has 0 saturated carbocycles. The quantitative estimate of drug-likeness (QED) is 0.764. The van der Waals surface area contributed by atoms with Crippen LogP contribution in [0.1, 0.15) is 28.8 Å². The van der Waals surface area contributed by atoms with Crippen LogP contribution in [0.3, 0.4) is 0 Å². The lowest BCUT2D eigenvalue weighted by atomic mass is 9.90. The molecule has 0 bridgehead atoms. The van der Waals surface area contributed by atoms with E-state index in [1.807, 2.05) is 23.1 Å². The monoisotopic (exact) mass is 396 g/mol. The number of nitrogens with one attached hydrogen (secondary N) is 1. The number of nitrogens with zero attached hydrogens (tertiary/aromatic N) is 1. The Balaban J connectivity index is 1.62. The van der Waals surface area contributed by atoms with E-state index in [4.69, 9.17) is 6.42 Å². The van der Waals surface area contributed by atoms with E-state index in [2.05, 4.69) is 22.8 Å². The van der Waals surface area contributed by atoms with Crippen molar-refractivity contribution in [2.45, 2.75) is 24.2 Å². The molecule has 1 aliphatic heterocycles. The maximum absolute atomic E-state index is 12.8. The van der Waals surface area contributed by atoms with Crippen LogP contribution in [0.25, 0.3) is 0 Å². The predicted molar refractivity (Wildman–Crippen MR) is 109 cm³/mol. The van der Waals surface area contributed by atoms with Crippen LogP contribution in [0.5, 0.6) is 0 Å². The van der Waals surface area contributed by atoms with Crippen LogP contribution in [-0.2, 0) is 16.4 Å². The Labute approximate surface area is 166 Å². The molecule has 1 heterocycles. The van der Waals surface area contributed by atoms with Gasteiger partial charge in [0.15, 0.2) is 0 Å². The molecule has 1 N–H and O–H groups in total. The Morgan fingerprint density at radius 3 is 2.50 bits per heavy atom. The lowest BCUT2D eigenvalue weighted by Gasteiger charge is -2.32. The highest BCUT2D eigenvalue weighted by molar-refractivity contribution is 7.89. The number of benzene rings is 2. The van der Waals surface area contributed by atoms with Crippen molar-refractivity contribution in [1.29, 1.82) is 0 Å². The molecule has 0 atom stereocenters. The van der Waals surface area contributed by atoms with Crippen molar-refractivity contribution in [2.24, 2.45) is 5.92 Å². The topological polar surface area (TPSA) is 66.5 Å². The van der Waals surface area contributed by atoms with Gasteiger partial charge in [-0.2, -0.15) is 4.72 Å². The molecule has 146 valence electrons. The van der Waals surface area contributed by atoms with Gasteiger partial charge in [-0.15, -0.1) is 6.42 Å². The molecule has 0 aliphatic carbocycles. The molecule has 2 aromatic rings. The molecule has 0 aromatic heterocycles. The zero-order valence-corrected chi connectivity index (χ0v) is 16.5. The fourth-order valence-corrected chi connectivity index (χ4v) is 4.47. The van der Waals surface area contributed by atoms with Gasteiger partial charge in [0.25, 0.3) is 5.91 Å². The second-order valence-electron chi connectivity index (χ2n) is 6.98. The molecular formula is C22H24N2O3S. The molecule has 3 rings (SSSR count). The molecule has 0 unspecified atom stereocenters. The van der Waals surface area contributed by atoms with Gasteiger partial charge in [-0.25, -0.2) is 8.42 Å². The third kappa shape index (κ3) is 5.00. The minimum absolute atomic E-state index is 0.0487. The van der Waals surface area contributed by atoms with Crippen molar-refractivity contribution in [1.82, 2.24) is 9.62 Å². The van der Waals surface area contributed by atoms with Crippen LogP contribution in [0, 0.1) is 18.3 Å². The summed E-state index contributed by atoms with van der Waals surface area (Å²) in [7, 11) is -3.72. The van der Waals surface area contributed by atoms with Gasteiger partial charge in [-0.1, -0.05) is 42.3 Å². The van der Waals surface area contributed by atoms with Gasteiger partial charge in [0, 0.05) is 18.7 Å². The molecule has 1 fully saturated rings. The Hall–Kier alpha value is -2.62. The maximum Gasteiger partial charge on any atom is 0.253 e. The average Bonchev–Trinajstić information content (AvgIpc) is 2.73. The van der Waals surface area contributed by atoms with Gasteiger partial charge in [0.05, 0.1) is 11.4 Å². The SMILES string of the molecule is C#CCNS(=O)(=O)c1cccc(C(=O)N2CCC(Cc3ccccc3)CC2)c1. The number of hydrogen-bond acceptors (Lipinski definition) is 3. The molecule has 1 saturated heterocycles. The number of terminal acetylenes is 1. The van der Waals surface area contributed by atoms with Crippen molar-refractivity contribution in [3.63, 3.8) is 0 Å². The van der Waals surface area contributed by atoms with Crippen LogP contribution in [0.2, 0.25) is 0 Å². The van der Waals surface area contributed by atoms with E-state index in [1.54, 1.807) is 12.1 Å². The van der Waals surface area contributed by atoms with Crippen molar-refractivity contribution in [2.75, 3.05) is 19.6 Å². The molecule has 0 spiro atoms. The summed E-state index contributed by atoms with van der Waals surface area (Å²) in [6.07, 6.45) is 8.03. The van der Waals surface area contributed by atoms with E-state index in [1.165, 1.54) is 17.7 Å². The zero-order valence-electron chi connectivity index (χ0n) is 15.7. The summed E-state index contributed by atoms with van der Waals surface area (Å²) < 4.78 is 26.8. The molecule has 28 heavy (non-hydrogen) atoms. The number of carbonyl (C=O) groups excluding carboxylic acids is 1. The van der Waals surface area contributed by atoms with E-state index in [9.17, 15) is 13.2 Å². The van der Waals surface area contributed by atoms with Crippen molar-refractivity contribution >= 4 is 15.9 Å². The first-order chi connectivity index (χ1) is 13.5. The average molecular weight is 397 g/mol. The summed E-state index contributed by atoms with van der Waals surface area (Å²) in [5.41, 5.74) is 1.70. The Bertz CT molecular complexity index is 957. The van der Waals surface area contributed by atoms with E-state index in [0.29, 0.717) is 24.6 Å². The number of carbonyl (C=O) groups is 1. The lowest BCUT2D eigenvalue weighted by molar-refractivity contribution is 0.0690. The predicted octanol–water partition coefficient (Wildman–Crippen LogP) is 2.69. The maximum atomic E-state index is 12.8. The third-order valence-corrected chi connectivity index (χ3v) is 6.42. The van der Waals surface area contributed by atoms with Gasteiger partial charge in [-0.05, 0) is 48.9 Å². The van der Waals surface area contributed by atoms with Gasteiger partial charge in [0.1, 0.15) is 0 Å². The minimum Gasteiger partial charge on any atom is -0.339 e. The highest BCUT2D eigenvalue weighted by Gasteiger charge is 2.24. The van der Waals surface area contributed by atoms with Gasteiger partial charge < -0.3 is 4.90 Å². The van der Waals surface area contributed by atoms with Crippen LogP contribution >= 0.6 is 0 Å². The molecule has 1 amide bonds. The third-order valence-electron chi connectivity index (χ3n) is 5.02. The Morgan fingerprint density at radius 2 is 1.82 bits per heavy atom. The molecule has 2 aromatic carbocycles. The summed E-state index contributed by atoms with van der Waals surface area (Å²) in [4.78, 5) is 14.7. The summed E-state index contributed by atoms with van der Waals surface area (Å²) in [5.74, 6) is 2.67. The first kappa shape index (κ1) is 20.1. The summed E-state index contributed by atoms with van der Waals surface area (Å²) in [6, 6.07) is 16.5. The molecule has 1 aliphatic rings. The number of hydrogen-bond donors (Lipinski definition) is 1. The fourth-order valence-electron chi connectivity index (χ4n) is 3.49. The molecular weight excluding hydrogens is 372 g/mol. The number of sulfonamides is 1. The Kier molecular flexibility index (Phi) is 6.50. The number of amides is 1. The van der Waals surface area contributed by atoms with E-state index < -0.39 is 10.0 Å². The first-order valence-corrected chi connectivity index (χ1v) is 10.8. The minimum atomic E-state index is -3.72. The van der Waals surface area contributed by atoms with Crippen molar-refractivity contribution in [3.8, 4) is 12.3 Å². The fraction of sp³-hybridized carbons (Fsp3) is 0.318. The lowest BCUT2D eigenvalue weighted by Crippen LogP contribution is -2.39. The number of likely N-dealkylation sites (tertiary alicyclic amines) is 1. The van der Waals surface area contributed by atoms with E-state index in [-0.39, 0.29) is 17.3 Å². The van der Waals surface area contributed by atoms with Crippen LogP contribution in [0.4, 0.5) is 0 Å². The molecule has 5 nitrogen and oxygen atoms in total. The number of rotatable bonds is 6. The van der Waals surface area contributed by atoms with Gasteiger partial charge in [-0.3, -0.25) is 4.79 Å². The second-order valence-corrected chi connectivity index (χ2v) is 8.75. The molecule has 6 heteroatoms. The molecule has 0 radical (unpaired) electrons. The first-order valence-electron chi connectivity index (χ1n) is 9.36. The Morgan fingerprint density at radius 1 is 1.11 bits per heavy atom. The highest BCUT2D eigenvalue weighted by Crippen LogP contribution is 2.23. The largest absolute Gasteiger partial charge is 0.339 e. The van der Waals surface area contributed by atoms with E-state index in [0.717, 1.165) is 19.3 Å². The van der Waals surface area contributed by atoms with Crippen LogP contribution < -0.4 is 4.72 Å². The van der Waals surface area contributed by atoms with Crippen LogP contribution in [-0.4, -0.2) is 38.9 Å². The van der Waals surface area contributed by atoms with Crippen LogP contribution in [0.15, 0.2) is 59.5 Å². The van der Waals surface area contributed by atoms with Crippen molar-refractivity contribution < 1.29 is 13.2 Å². The smallest absolute Gasteiger partial charge is 0.253 e.